The molecule has 2 heterocycles. The van der Waals surface area contributed by atoms with Crippen molar-refractivity contribution in [2.45, 2.75) is 24.4 Å². The SMILES string of the molecule is O=C(NCC1OC(CO)C(O)C1N1CCN(c2ccc(F)cc2)CC1)Nc1cccc(Cl)c1. The van der Waals surface area contributed by atoms with Gasteiger partial charge in [-0.05, 0) is 42.5 Å². The Morgan fingerprint density at radius 2 is 1.85 bits per heavy atom. The van der Waals surface area contributed by atoms with Crippen LogP contribution in [-0.4, -0.2) is 84.8 Å². The number of amides is 2. The van der Waals surface area contributed by atoms with Crippen molar-refractivity contribution in [2.75, 3.05) is 49.5 Å². The monoisotopic (exact) mass is 478 g/mol. The topological polar surface area (TPSA) is 97.3 Å². The quantitative estimate of drug-likeness (QED) is 0.506. The lowest BCUT2D eigenvalue weighted by Gasteiger charge is -2.41. The fourth-order valence-electron chi connectivity index (χ4n) is 4.46. The summed E-state index contributed by atoms with van der Waals surface area (Å²) in [7, 11) is 0. The number of benzene rings is 2. The van der Waals surface area contributed by atoms with Crippen molar-refractivity contribution in [3.8, 4) is 0 Å². The van der Waals surface area contributed by atoms with Gasteiger partial charge in [-0.3, -0.25) is 4.90 Å². The Kier molecular flexibility index (Phi) is 7.67. The molecule has 0 aliphatic carbocycles. The Balaban J connectivity index is 1.35. The molecule has 10 heteroatoms. The van der Waals surface area contributed by atoms with Crippen molar-refractivity contribution in [1.82, 2.24) is 10.2 Å². The van der Waals surface area contributed by atoms with E-state index in [9.17, 15) is 19.4 Å². The lowest BCUT2D eigenvalue weighted by Crippen LogP contribution is -2.57. The van der Waals surface area contributed by atoms with Crippen LogP contribution in [-0.2, 0) is 4.74 Å². The number of nitrogens with one attached hydrogen (secondary N) is 2. The normalized spacial score (nSPS) is 25.8. The number of piperazine rings is 1. The summed E-state index contributed by atoms with van der Waals surface area (Å²) in [6.45, 7) is 2.58. The van der Waals surface area contributed by atoms with E-state index in [0.717, 1.165) is 5.69 Å². The third-order valence-corrected chi connectivity index (χ3v) is 6.35. The van der Waals surface area contributed by atoms with E-state index < -0.39 is 24.3 Å². The molecule has 0 radical (unpaired) electrons. The van der Waals surface area contributed by atoms with Crippen LogP contribution in [0.4, 0.5) is 20.6 Å². The van der Waals surface area contributed by atoms with Gasteiger partial charge in [0.05, 0.1) is 18.8 Å². The number of hydrogen-bond acceptors (Lipinski definition) is 6. The van der Waals surface area contributed by atoms with Crippen molar-refractivity contribution in [3.63, 3.8) is 0 Å². The summed E-state index contributed by atoms with van der Waals surface area (Å²) in [4.78, 5) is 16.6. The van der Waals surface area contributed by atoms with Gasteiger partial charge in [-0.15, -0.1) is 0 Å². The number of carbonyl (C=O) groups excluding carboxylic acids is 1. The molecule has 2 aromatic carbocycles. The predicted molar refractivity (Wildman–Crippen MR) is 124 cm³/mol. The summed E-state index contributed by atoms with van der Waals surface area (Å²) in [5.41, 5.74) is 1.51. The molecule has 2 aliphatic heterocycles. The minimum Gasteiger partial charge on any atom is -0.394 e. The number of ether oxygens (including phenoxy) is 1. The van der Waals surface area contributed by atoms with Gasteiger partial charge in [0.15, 0.2) is 0 Å². The highest BCUT2D eigenvalue weighted by Gasteiger charge is 2.46. The largest absolute Gasteiger partial charge is 0.394 e. The van der Waals surface area contributed by atoms with Crippen molar-refractivity contribution in [3.05, 3.63) is 59.4 Å². The van der Waals surface area contributed by atoms with E-state index >= 15 is 0 Å². The van der Waals surface area contributed by atoms with Crippen molar-refractivity contribution in [1.29, 1.82) is 0 Å². The predicted octanol–water partition coefficient (Wildman–Crippen LogP) is 1.91. The zero-order valence-corrected chi connectivity index (χ0v) is 18.8. The molecule has 4 unspecified atom stereocenters. The summed E-state index contributed by atoms with van der Waals surface area (Å²) in [6, 6.07) is 12.4. The second kappa shape index (κ2) is 10.7. The maximum Gasteiger partial charge on any atom is 0.319 e. The van der Waals surface area contributed by atoms with Crippen LogP contribution >= 0.6 is 11.6 Å². The molecule has 4 rings (SSSR count). The molecular weight excluding hydrogens is 451 g/mol. The summed E-state index contributed by atoms with van der Waals surface area (Å²) in [5, 5.41) is 26.4. The number of anilines is 2. The molecule has 4 atom stereocenters. The fourth-order valence-corrected chi connectivity index (χ4v) is 4.65. The standard InChI is InChI=1S/C23H28ClFN4O4/c24-15-2-1-3-17(12-15)27-23(32)26-13-19-21(22(31)20(14-30)33-19)29-10-8-28(9-11-29)18-6-4-16(25)5-7-18/h1-7,12,19-22,30-31H,8-11,13-14H2,(H2,26,27,32). The first kappa shape index (κ1) is 23.7. The lowest BCUT2D eigenvalue weighted by atomic mass is 10.0. The van der Waals surface area contributed by atoms with Crippen LogP contribution in [0.25, 0.3) is 0 Å². The van der Waals surface area contributed by atoms with Gasteiger partial charge in [0.1, 0.15) is 18.0 Å². The Bertz CT molecular complexity index is 942. The molecule has 2 aromatic rings. The van der Waals surface area contributed by atoms with Gasteiger partial charge in [0.25, 0.3) is 0 Å². The highest BCUT2D eigenvalue weighted by molar-refractivity contribution is 6.30. The number of halogens is 2. The van der Waals surface area contributed by atoms with Crippen LogP contribution in [0, 0.1) is 5.82 Å². The zero-order chi connectivity index (χ0) is 23.4. The Hall–Kier alpha value is -2.43. The van der Waals surface area contributed by atoms with Gasteiger partial charge in [0.2, 0.25) is 0 Å². The van der Waals surface area contributed by atoms with Crippen molar-refractivity contribution >= 4 is 29.0 Å². The molecule has 2 fully saturated rings. The van der Waals surface area contributed by atoms with E-state index in [1.54, 1.807) is 36.4 Å². The van der Waals surface area contributed by atoms with Crippen LogP contribution in [0.15, 0.2) is 48.5 Å². The molecule has 0 saturated carbocycles. The van der Waals surface area contributed by atoms with Gasteiger partial charge < -0.3 is 30.5 Å². The summed E-state index contributed by atoms with van der Waals surface area (Å²) >= 11 is 5.95. The zero-order valence-electron chi connectivity index (χ0n) is 18.0. The summed E-state index contributed by atoms with van der Waals surface area (Å²) in [5.74, 6) is -0.270. The fraction of sp³-hybridized carbons (Fsp3) is 0.435. The first-order valence-corrected chi connectivity index (χ1v) is 11.3. The maximum atomic E-state index is 13.2. The third-order valence-electron chi connectivity index (χ3n) is 6.12. The van der Waals surface area contributed by atoms with Crippen LogP contribution < -0.4 is 15.5 Å². The Morgan fingerprint density at radius 3 is 2.52 bits per heavy atom. The van der Waals surface area contributed by atoms with Crippen LogP contribution in [0.5, 0.6) is 0 Å². The smallest absolute Gasteiger partial charge is 0.319 e. The van der Waals surface area contributed by atoms with Crippen molar-refractivity contribution < 1.29 is 24.1 Å². The summed E-state index contributed by atoms with van der Waals surface area (Å²) < 4.78 is 19.1. The first-order valence-electron chi connectivity index (χ1n) is 10.9. The Labute approximate surface area is 196 Å². The molecule has 0 bridgehead atoms. The highest BCUT2D eigenvalue weighted by Crippen LogP contribution is 2.28. The molecule has 0 aromatic heterocycles. The molecule has 33 heavy (non-hydrogen) atoms. The van der Waals surface area contributed by atoms with Crippen LogP contribution in [0.3, 0.4) is 0 Å². The first-order chi connectivity index (χ1) is 15.9. The van der Waals surface area contributed by atoms with Gasteiger partial charge in [-0.2, -0.15) is 0 Å². The Morgan fingerprint density at radius 1 is 1.12 bits per heavy atom. The minimum atomic E-state index is -0.879. The average Bonchev–Trinajstić information content (AvgIpc) is 3.13. The number of rotatable bonds is 6. The van der Waals surface area contributed by atoms with Gasteiger partial charge in [-0.25, -0.2) is 9.18 Å². The number of hydrogen-bond donors (Lipinski definition) is 4. The van der Waals surface area contributed by atoms with E-state index in [4.69, 9.17) is 16.3 Å². The number of urea groups is 1. The van der Waals surface area contributed by atoms with Crippen molar-refractivity contribution in [2.24, 2.45) is 0 Å². The highest BCUT2D eigenvalue weighted by atomic mass is 35.5. The average molecular weight is 479 g/mol. The van der Waals surface area contributed by atoms with E-state index in [2.05, 4.69) is 20.4 Å². The second-order valence-corrected chi connectivity index (χ2v) is 8.66. The second-order valence-electron chi connectivity index (χ2n) is 8.22. The molecule has 8 nitrogen and oxygen atoms in total. The van der Waals surface area contributed by atoms with Gasteiger partial charge >= 0.3 is 6.03 Å². The number of aliphatic hydroxyl groups excluding tert-OH is 2. The molecule has 0 spiro atoms. The molecular formula is C23H28ClFN4O4. The number of nitrogens with zero attached hydrogens (tertiary/aromatic N) is 2. The third kappa shape index (κ3) is 5.74. The van der Waals surface area contributed by atoms with Crippen LogP contribution in [0.1, 0.15) is 0 Å². The minimum absolute atomic E-state index is 0.169. The molecule has 2 amide bonds. The molecule has 4 N–H and O–H groups in total. The van der Waals surface area contributed by atoms with E-state index in [-0.39, 0.29) is 25.0 Å². The number of carbonyl (C=O) groups is 1. The maximum absolute atomic E-state index is 13.2. The van der Waals surface area contributed by atoms with E-state index in [1.165, 1.54) is 12.1 Å². The number of aliphatic hydroxyl groups is 2. The lowest BCUT2D eigenvalue weighted by molar-refractivity contribution is -0.0205. The van der Waals surface area contributed by atoms with E-state index in [1.807, 2.05) is 0 Å². The molecule has 178 valence electrons. The summed E-state index contributed by atoms with van der Waals surface area (Å²) in [6.07, 6.45) is -2.08. The van der Waals surface area contributed by atoms with E-state index in [0.29, 0.717) is 36.9 Å². The van der Waals surface area contributed by atoms with Gasteiger partial charge in [-0.1, -0.05) is 17.7 Å². The molecule has 2 aliphatic rings. The van der Waals surface area contributed by atoms with Crippen LogP contribution in [0.2, 0.25) is 5.02 Å². The van der Waals surface area contributed by atoms with Gasteiger partial charge in [0, 0.05) is 49.1 Å². The molecule has 2 saturated heterocycles.